The second kappa shape index (κ2) is 19.4. The van der Waals surface area contributed by atoms with Crippen molar-refractivity contribution >= 4 is 48.7 Å². The number of rotatable bonds is 15. The molecule has 74 heavy (non-hydrogen) atoms. The molecule has 0 aromatic heterocycles. The molecule has 398 valence electrons. The number of nitrogens with zero attached hydrogens (tertiary/aromatic N) is 4. The van der Waals surface area contributed by atoms with E-state index in [9.17, 15) is 26.5 Å². The van der Waals surface area contributed by atoms with Gasteiger partial charge in [0.25, 0.3) is 10.1 Å². The number of ether oxygens (including phenoxy) is 1. The van der Waals surface area contributed by atoms with Gasteiger partial charge >= 0.3 is 0 Å². The molecule has 3 aromatic rings. The lowest BCUT2D eigenvalue weighted by molar-refractivity contribution is -0.871. The number of anilines is 1. The highest BCUT2D eigenvalue weighted by Gasteiger charge is 2.54. The largest absolute Gasteiger partial charge is 0.457 e. The molecule has 2 N–H and O–H groups in total. The molecule has 0 radical (unpaired) electrons. The fraction of sp³-hybridized carbons (Fsp3) is 0.525. The van der Waals surface area contributed by atoms with Crippen LogP contribution < -0.4 is 9.64 Å². The van der Waals surface area contributed by atoms with E-state index < -0.39 is 30.8 Å². The van der Waals surface area contributed by atoms with Crippen LogP contribution in [0.2, 0.25) is 0 Å². The third kappa shape index (κ3) is 10.5. The highest BCUT2D eigenvalue weighted by molar-refractivity contribution is 7.95. The summed E-state index contributed by atoms with van der Waals surface area (Å²) in [6.07, 6.45) is 19.1. The minimum atomic E-state index is -4.42. The molecular weight excluding hydrogens is 965 g/mol. The van der Waals surface area contributed by atoms with Crippen molar-refractivity contribution in [2.24, 2.45) is 17.3 Å². The van der Waals surface area contributed by atoms with Crippen molar-refractivity contribution in [2.75, 3.05) is 73.4 Å². The predicted molar refractivity (Wildman–Crippen MR) is 300 cm³/mol. The fourth-order valence-corrected chi connectivity index (χ4v) is 14.9. The van der Waals surface area contributed by atoms with Gasteiger partial charge in [0.15, 0.2) is 12.3 Å². The number of quaternary nitrogens is 2. The first-order chi connectivity index (χ1) is 34.5. The van der Waals surface area contributed by atoms with Crippen LogP contribution in [0.15, 0.2) is 111 Å². The molecule has 4 aliphatic carbocycles. The zero-order valence-electron chi connectivity index (χ0n) is 46.1. The van der Waals surface area contributed by atoms with Crippen molar-refractivity contribution in [1.29, 1.82) is 0 Å². The lowest BCUT2D eigenvalue weighted by Crippen LogP contribution is -2.42. The van der Waals surface area contributed by atoms with E-state index in [1.165, 1.54) is 17.2 Å². The highest BCUT2D eigenvalue weighted by Crippen LogP contribution is 2.60. The quantitative estimate of drug-likeness (QED) is 0.0668. The van der Waals surface area contributed by atoms with Crippen LogP contribution in [-0.4, -0.2) is 121 Å². The molecule has 2 fully saturated rings. The van der Waals surface area contributed by atoms with E-state index in [1.807, 2.05) is 18.2 Å². The van der Waals surface area contributed by atoms with Crippen molar-refractivity contribution in [3.05, 3.63) is 124 Å². The van der Waals surface area contributed by atoms with Crippen molar-refractivity contribution in [2.45, 2.75) is 132 Å². The number of fused-ring (bicyclic) bond motifs is 7. The molecule has 2 heterocycles. The van der Waals surface area contributed by atoms with Crippen LogP contribution in [0.25, 0.3) is 0 Å². The van der Waals surface area contributed by atoms with Gasteiger partial charge in [0.1, 0.15) is 27.1 Å². The maximum Gasteiger partial charge on any atom is 0.294 e. The minimum absolute atomic E-state index is 0.108. The van der Waals surface area contributed by atoms with Crippen LogP contribution in [0.4, 0.5) is 11.4 Å². The first-order valence-electron chi connectivity index (χ1n) is 27.0. The second-order valence-corrected chi connectivity index (χ2v) is 28.9. The average molecular weight is 1050 g/mol. The molecule has 2 saturated carbocycles. The first kappa shape index (κ1) is 54.2. The van der Waals surface area contributed by atoms with Gasteiger partial charge in [-0.05, 0) is 171 Å². The van der Waals surface area contributed by atoms with Crippen molar-refractivity contribution in [3.8, 4) is 5.75 Å². The molecular formula is C61H83N4O7S2+3. The van der Waals surface area contributed by atoms with Crippen LogP contribution in [0.1, 0.15) is 127 Å². The molecule has 9 rings (SSSR count). The van der Waals surface area contributed by atoms with E-state index in [1.54, 1.807) is 12.1 Å². The summed E-state index contributed by atoms with van der Waals surface area (Å²) in [6, 6.07) is 17.3. The zero-order chi connectivity index (χ0) is 53.6. The van der Waals surface area contributed by atoms with Crippen molar-refractivity contribution in [3.63, 3.8) is 0 Å². The number of carbonyl (C=O) groups excluding carboxylic acids is 1. The Balaban J connectivity index is 1.14. The Morgan fingerprint density at radius 3 is 2.19 bits per heavy atom. The van der Waals surface area contributed by atoms with Gasteiger partial charge in [0.05, 0.1) is 77.0 Å². The van der Waals surface area contributed by atoms with E-state index in [-0.39, 0.29) is 10.3 Å². The summed E-state index contributed by atoms with van der Waals surface area (Å²) in [7, 11) is 5.36. The molecule has 5 unspecified atom stereocenters. The SMILES string of the molecule is C=S(=O)(O)c1ccc2c(c1)C(C)(C)C(C=CC1=C(Oc3ccc4c(c3)CCC3C4CCC4(C)C(=O)CCC34)C(=CC=C3N(CCC[N+](C)(C)C)c4ccc(S(=O)(=O)O)cc4C3(C)C)CCC1)=[N+]2CCC[N+](C)(C)C. The summed E-state index contributed by atoms with van der Waals surface area (Å²) in [5.74, 6) is 7.16. The normalized spacial score (nSPS) is 26.4. The summed E-state index contributed by atoms with van der Waals surface area (Å²) in [5.41, 5.74) is 9.67. The Morgan fingerprint density at radius 1 is 0.784 bits per heavy atom. The topological polar surface area (TPSA) is 124 Å². The maximum atomic E-state index is 13.1. The lowest BCUT2D eigenvalue weighted by atomic mass is 9.55. The van der Waals surface area contributed by atoms with Gasteiger partial charge in [-0.3, -0.25) is 9.35 Å². The molecule has 13 heteroatoms. The number of hydrogen-bond acceptors (Lipinski definition) is 6. The summed E-state index contributed by atoms with van der Waals surface area (Å²) in [4.78, 5) is 15.7. The van der Waals surface area contributed by atoms with Gasteiger partial charge in [0, 0.05) is 59.3 Å². The lowest BCUT2D eigenvalue weighted by Gasteiger charge is -2.48. The Hall–Kier alpha value is -4.63. The highest BCUT2D eigenvalue weighted by atomic mass is 32.2. The summed E-state index contributed by atoms with van der Waals surface area (Å²) >= 11 is 0. The molecule has 11 nitrogen and oxygen atoms in total. The summed E-state index contributed by atoms with van der Waals surface area (Å²) in [5, 5.41) is 0. The Bertz CT molecular complexity index is 3160. The number of hydrogen-bond donors (Lipinski definition) is 2. The molecule has 3 aromatic carbocycles. The summed E-state index contributed by atoms with van der Waals surface area (Å²) in [6.45, 7) is 14.3. The molecule has 6 aliphatic rings. The Labute approximate surface area is 443 Å². The van der Waals surface area contributed by atoms with Crippen molar-refractivity contribution in [1.82, 2.24) is 0 Å². The van der Waals surface area contributed by atoms with Crippen LogP contribution in [0.5, 0.6) is 5.75 Å². The minimum Gasteiger partial charge on any atom is -0.457 e. The van der Waals surface area contributed by atoms with E-state index in [4.69, 9.17) is 4.74 Å². The number of aryl methyl sites for hydroxylation is 1. The zero-order valence-corrected chi connectivity index (χ0v) is 47.7. The Kier molecular flexibility index (Phi) is 14.2. The number of ketones is 1. The van der Waals surface area contributed by atoms with E-state index in [0.717, 1.165) is 162 Å². The smallest absolute Gasteiger partial charge is 0.294 e. The third-order valence-electron chi connectivity index (χ3n) is 17.8. The standard InChI is InChI=1S/C61H81N4O7S2/c1-59(2)51-39-45(73(12,67)68)22-27-53(51)62(34-14-36-64(6,7)8)55(59)29-19-41-16-13-17-42(20-30-56-60(3,4)52-40-46(74(69,70)71)23-28-54(52)63(56)35-15-37-65(9,10)11)58(41)72-44-21-25-47-43(38-44)18-24-49-48(47)32-33-61(5)50(49)26-31-57(61)66/h19-23,25,27-30,38-40,48-50H,12-18,24,26,31-37H2,1-11H3/q+1/p+2. The van der Waals surface area contributed by atoms with Gasteiger partial charge in [-0.25, -0.2) is 4.21 Å². The van der Waals surface area contributed by atoms with Crippen molar-refractivity contribution < 1.29 is 44.8 Å². The van der Waals surface area contributed by atoms with Gasteiger partial charge in [-0.15, -0.1) is 0 Å². The number of carbonyl (C=O) groups is 1. The van der Waals surface area contributed by atoms with E-state index in [2.05, 4.69) is 135 Å². The molecule has 0 amide bonds. The number of benzene rings is 3. The van der Waals surface area contributed by atoms with Gasteiger partial charge in [-0.1, -0.05) is 32.9 Å². The molecule has 0 spiro atoms. The molecule has 0 bridgehead atoms. The maximum absolute atomic E-state index is 13.1. The van der Waals surface area contributed by atoms with Crippen LogP contribution in [-0.2, 0) is 42.0 Å². The van der Waals surface area contributed by atoms with E-state index in [0.29, 0.717) is 28.4 Å². The molecule has 5 atom stereocenters. The van der Waals surface area contributed by atoms with Crippen LogP contribution >= 0.6 is 0 Å². The molecule has 2 aliphatic heterocycles. The monoisotopic (exact) mass is 1050 g/mol. The first-order valence-corrected chi connectivity index (χ1v) is 30.2. The fourth-order valence-electron chi connectivity index (χ4n) is 13.8. The van der Waals surface area contributed by atoms with Gasteiger partial charge in [0.2, 0.25) is 5.69 Å². The third-order valence-corrected chi connectivity index (χ3v) is 19.6. The number of Topliss-reactive ketones (excluding diaryl/α,β-unsaturated/α-hetero) is 1. The van der Waals surface area contributed by atoms with Gasteiger partial charge < -0.3 is 23.2 Å². The molecule has 0 saturated heterocycles. The van der Waals surface area contributed by atoms with Crippen LogP contribution in [0.3, 0.4) is 0 Å². The summed E-state index contributed by atoms with van der Waals surface area (Å²) < 4.78 is 69.9. The average Bonchev–Trinajstić information content (AvgIpc) is 3.81. The Morgan fingerprint density at radius 2 is 1.49 bits per heavy atom. The second-order valence-electron chi connectivity index (χ2n) is 25.7. The predicted octanol–water partition coefficient (Wildman–Crippen LogP) is 11.2. The number of allylic oxidation sites excluding steroid dienone is 7. The van der Waals surface area contributed by atoms with E-state index >= 15 is 0 Å². The van der Waals surface area contributed by atoms with Crippen LogP contribution in [0, 0.1) is 17.3 Å². The van der Waals surface area contributed by atoms with Gasteiger partial charge in [-0.2, -0.15) is 13.0 Å².